The molecule has 1 amide bonds. The molecule has 2 heterocycles. The fourth-order valence-corrected chi connectivity index (χ4v) is 4.73. The van der Waals surface area contributed by atoms with E-state index in [9.17, 15) is 4.79 Å². The molecule has 0 aliphatic rings. The SMILES string of the molecule is CCOc1cc2ncc(CC(N)=O)c(Nc3cccc(CNc4nccs4)c3CC)c2cc1OCC. The quantitative estimate of drug-likeness (QED) is 0.235. The van der Waals surface area contributed by atoms with E-state index in [0.717, 1.165) is 39.4 Å². The van der Waals surface area contributed by atoms with Gasteiger partial charge in [0.15, 0.2) is 16.6 Å². The number of fused-ring (bicyclic) bond motifs is 1. The standard InChI is InChI=1S/C27H31N5O3S/c1-4-19-17(15-31-27-29-10-11-36-27)8-7-9-21(19)32-26-18(12-25(28)33)16-30-22-14-24(35-6-3)23(34-5-2)13-20(22)26/h7-11,13-14,16H,4-6,12,15H2,1-3H3,(H2,28,33)(H,29,31)(H,30,32). The van der Waals surface area contributed by atoms with Crippen LogP contribution in [-0.4, -0.2) is 29.1 Å². The average molecular weight is 506 g/mol. The molecule has 9 heteroatoms. The van der Waals surface area contributed by atoms with Crippen molar-refractivity contribution in [2.45, 2.75) is 40.2 Å². The van der Waals surface area contributed by atoms with Crippen LogP contribution >= 0.6 is 11.3 Å². The van der Waals surface area contributed by atoms with Crippen LogP contribution in [0.25, 0.3) is 10.9 Å². The van der Waals surface area contributed by atoms with Crippen LogP contribution in [0.1, 0.15) is 37.5 Å². The summed E-state index contributed by atoms with van der Waals surface area (Å²) >= 11 is 1.57. The number of nitrogens with one attached hydrogen (secondary N) is 2. The minimum atomic E-state index is -0.424. The second-order valence-electron chi connectivity index (χ2n) is 8.10. The van der Waals surface area contributed by atoms with Crippen LogP contribution in [0.3, 0.4) is 0 Å². The highest BCUT2D eigenvalue weighted by atomic mass is 32.1. The molecule has 36 heavy (non-hydrogen) atoms. The molecule has 0 unspecified atom stereocenters. The third kappa shape index (κ3) is 5.68. The Labute approximate surface area is 214 Å². The molecular weight excluding hydrogens is 474 g/mol. The van der Waals surface area contributed by atoms with E-state index < -0.39 is 5.91 Å². The zero-order valence-electron chi connectivity index (χ0n) is 20.8. The van der Waals surface area contributed by atoms with Crippen LogP contribution in [0.5, 0.6) is 11.5 Å². The first-order valence-electron chi connectivity index (χ1n) is 12.0. The maximum Gasteiger partial charge on any atom is 0.221 e. The van der Waals surface area contributed by atoms with Gasteiger partial charge in [0.05, 0.1) is 30.8 Å². The number of thiazole rings is 1. The molecule has 0 spiro atoms. The lowest BCUT2D eigenvalue weighted by molar-refractivity contribution is -0.117. The van der Waals surface area contributed by atoms with E-state index in [-0.39, 0.29) is 6.42 Å². The molecule has 2 aromatic carbocycles. The minimum absolute atomic E-state index is 0.0647. The number of benzene rings is 2. The maximum atomic E-state index is 11.9. The van der Waals surface area contributed by atoms with E-state index in [2.05, 4.69) is 33.6 Å². The third-order valence-electron chi connectivity index (χ3n) is 5.72. The molecular formula is C27H31N5O3S. The van der Waals surface area contributed by atoms with Gasteiger partial charge < -0.3 is 25.8 Å². The number of amides is 1. The smallest absolute Gasteiger partial charge is 0.221 e. The van der Waals surface area contributed by atoms with Crippen molar-refractivity contribution in [1.82, 2.24) is 9.97 Å². The van der Waals surface area contributed by atoms with E-state index in [1.165, 1.54) is 11.1 Å². The lowest BCUT2D eigenvalue weighted by Gasteiger charge is -2.20. The molecule has 4 aromatic rings. The van der Waals surface area contributed by atoms with Crippen molar-refractivity contribution in [1.29, 1.82) is 0 Å². The van der Waals surface area contributed by atoms with Crippen molar-refractivity contribution >= 4 is 44.7 Å². The van der Waals surface area contributed by atoms with Crippen LogP contribution in [0, 0.1) is 0 Å². The first-order valence-corrected chi connectivity index (χ1v) is 12.9. The number of ether oxygens (including phenoxy) is 2. The molecule has 188 valence electrons. The van der Waals surface area contributed by atoms with Gasteiger partial charge in [-0.1, -0.05) is 19.1 Å². The monoisotopic (exact) mass is 505 g/mol. The fourth-order valence-electron chi connectivity index (χ4n) is 4.20. The summed E-state index contributed by atoms with van der Waals surface area (Å²) in [5.74, 6) is 0.842. The largest absolute Gasteiger partial charge is 0.490 e. The second kappa shape index (κ2) is 11.7. The number of carbonyl (C=O) groups excluding carboxylic acids is 1. The highest BCUT2D eigenvalue weighted by molar-refractivity contribution is 7.13. The Morgan fingerprint density at radius 1 is 1.06 bits per heavy atom. The molecule has 0 fully saturated rings. The maximum absolute atomic E-state index is 11.9. The topological polar surface area (TPSA) is 111 Å². The number of primary amides is 1. The van der Waals surface area contributed by atoms with Crippen molar-refractivity contribution in [3.63, 3.8) is 0 Å². The number of hydrogen-bond acceptors (Lipinski definition) is 8. The molecule has 0 radical (unpaired) electrons. The van der Waals surface area contributed by atoms with E-state index in [4.69, 9.17) is 15.2 Å². The summed E-state index contributed by atoms with van der Waals surface area (Å²) in [7, 11) is 0. The van der Waals surface area contributed by atoms with Gasteiger partial charge in [-0.3, -0.25) is 9.78 Å². The summed E-state index contributed by atoms with van der Waals surface area (Å²) in [4.78, 5) is 20.8. The number of rotatable bonds is 12. The Morgan fingerprint density at radius 3 is 2.50 bits per heavy atom. The third-order valence-corrected chi connectivity index (χ3v) is 6.46. The molecule has 8 nitrogen and oxygen atoms in total. The van der Waals surface area contributed by atoms with Crippen molar-refractivity contribution in [2.75, 3.05) is 23.8 Å². The van der Waals surface area contributed by atoms with E-state index >= 15 is 0 Å². The highest BCUT2D eigenvalue weighted by Gasteiger charge is 2.17. The summed E-state index contributed by atoms with van der Waals surface area (Å²) in [6.45, 7) is 7.65. The van der Waals surface area contributed by atoms with Crippen LogP contribution in [0.2, 0.25) is 0 Å². The Kier molecular flexibility index (Phi) is 8.22. The zero-order valence-corrected chi connectivity index (χ0v) is 21.6. The van der Waals surface area contributed by atoms with E-state index in [0.29, 0.717) is 31.3 Å². The average Bonchev–Trinajstić information content (AvgIpc) is 3.38. The molecule has 0 atom stereocenters. The molecule has 0 saturated carbocycles. The zero-order chi connectivity index (χ0) is 25.5. The highest BCUT2D eigenvalue weighted by Crippen LogP contribution is 2.38. The van der Waals surface area contributed by atoms with Gasteiger partial charge in [0, 0.05) is 47.0 Å². The lowest BCUT2D eigenvalue weighted by atomic mass is 10.0. The van der Waals surface area contributed by atoms with E-state index in [1.54, 1.807) is 23.7 Å². The predicted molar refractivity (Wildman–Crippen MR) is 146 cm³/mol. The predicted octanol–water partition coefficient (Wildman–Crippen LogP) is 5.43. The summed E-state index contributed by atoms with van der Waals surface area (Å²) in [6.07, 6.45) is 4.37. The molecule has 2 aromatic heterocycles. The fraction of sp³-hybridized carbons (Fsp3) is 0.296. The molecule has 4 rings (SSSR count). The van der Waals surface area contributed by atoms with Crippen molar-refractivity contribution in [3.05, 3.63) is 64.8 Å². The van der Waals surface area contributed by atoms with Gasteiger partial charge in [0.2, 0.25) is 5.91 Å². The minimum Gasteiger partial charge on any atom is -0.490 e. The molecule has 0 aliphatic heterocycles. The number of carbonyl (C=O) groups is 1. The first kappa shape index (κ1) is 25.2. The van der Waals surface area contributed by atoms with Crippen molar-refractivity contribution in [3.8, 4) is 11.5 Å². The van der Waals surface area contributed by atoms with Gasteiger partial charge in [-0.2, -0.15) is 0 Å². The lowest BCUT2D eigenvalue weighted by Crippen LogP contribution is -2.15. The van der Waals surface area contributed by atoms with Crippen LogP contribution in [-0.2, 0) is 24.2 Å². The summed E-state index contributed by atoms with van der Waals surface area (Å²) in [5.41, 5.74) is 11.1. The van der Waals surface area contributed by atoms with Gasteiger partial charge in [0.1, 0.15) is 0 Å². The van der Waals surface area contributed by atoms with Crippen LogP contribution < -0.4 is 25.8 Å². The number of hydrogen-bond donors (Lipinski definition) is 3. The normalized spacial score (nSPS) is 10.9. The van der Waals surface area contributed by atoms with Crippen LogP contribution in [0.15, 0.2) is 48.1 Å². The van der Waals surface area contributed by atoms with Crippen molar-refractivity contribution < 1.29 is 14.3 Å². The number of aromatic nitrogens is 2. The number of nitrogens with zero attached hydrogens (tertiary/aromatic N) is 2. The van der Waals surface area contributed by atoms with Gasteiger partial charge in [-0.25, -0.2) is 4.98 Å². The summed E-state index contributed by atoms with van der Waals surface area (Å²) < 4.78 is 11.7. The van der Waals surface area contributed by atoms with Gasteiger partial charge >= 0.3 is 0 Å². The Bertz CT molecular complexity index is 1340. The Hall–Kier alpha value is -3.85. The number of nitrogens with two attached hydrogens (primary N) is 1. The molecule has 0 aliphatic carbocycles. The number of pyridine rings is 1. The Balaban J connectivity index is 1.79. The number of anilines is 3. The second-order valence-corrected chi connectivity index (χ2v) is 8.99. The summed E-state index contributed by atoms with van der Waals surface area (Å²) in [5, 5.41) is 10.7. The molecule has 4 N–H and O–H groups in total. The van der Waals surface area contributed by atoms with E-state index in [1.807, 2.05) is 43.5 Å². The van der Waals surface area contributed by atoms with Gasteiger partial charge in [-0.15, -0.1) is 11.3 Å². The molecule has 0 saturated heterocycles. The van der Waals surface area contributed by atoms with Crippen molar-refractivity contribution in [2.24, 2.45) is 5.73 Å². The summed E-state index contributed by atoms with van der Waals surface area (Å²) in [6, 6.07) is 9.98. The van der Waals surface area contributed by atoms with Crippen LogP contribution in [0.4, 0.5) is 16.5 Å². The first-order chi connectivity index (χ1) is 17.5. The van der Waals surface area contributed by atoms with Gasteiger partial charge in [0.25, 0.3) is 0 Å². The van der Waals surface area contributed by atoms with Gasteiger partial charge in [-0.05, 0) is 43.5 Å². The Morgan fingerprint density at radius 2 is 1.83 bits per heavy atom. The molecule has 0 bridgehead atoms.